The average Bonchev–Trinajstić information content (AvgIpc) is 3.01. The first-order valence-electron chi connectivity index (χ1n) is 10.0. The highest BCUT2D eigenvalue weighted by Crippen LogP contribution is 2.31. The minimum Gasteiger partial charge on any atom is -0.370 e. The molecule has 1 fully saturated rings. The highest BCUT2D eigenvalue weighted by molar-refractivity contribution is 6.07. The van der Waals surface area contributed by atoms with Crippen molar-refractivity contribution in [2.45, 2.75) is 6.42 Å². The summed E-state index contributed by atoms with van der Waals surface area (Å²) >= 11 is 0. The quantitative estimate of drug-likeness (QED) is 0.572. The predicted octanol–water partition coefficient (Wildman–Crippen LogP) is 2.54. The van der Waals surface area contributed by atoms with Crippen LogP contribution >= 0.6 is 0 Å². The monoisotopic (exact) mass is 388 g/mol. The van der Waals surface area contributed by atoms with E-state index in [0.717, 1.165) is 60.4 Å². The Labute approximate surface area is 168 Å². The maximum absolute atomic E-state index is 12.7. The van der Waals surface area contributed by atoms with Crippen LogP contribution in [-0.2, 0) is 0 Å². The number of rotatable bonds is 2. The van der Waals surface area contributed by atoms with E-state index in [4.69, 9.17) is 9.97 Å². The Morgan fingerprint density at radius 1 is 1.07 bits per heavy atom. The number of benzene rings is 1. The summed E-state index contributed by atoms with van der Waals surface area (Å²) in [6.07, 6.45) is 2.97. The standard InChI is InChI=1S/C22H24N6O/c1-23-22(29)16-14-15-18(27-11-5-10-26(2)12-13-27)8-9-24-20(15)28-19-7-4-3-6-17(19)25-21(16)28/h3-4,6-9,14H,5,10-13H2,1-2H3,(H,23,29). The van der Waals surface area contributed by atoms with Crippen molar-refractivity contribution >= 4 is 39.3 Å². The van der Waals surface area contributed by atoms with Crippen LogP contribution in [0, 0.1) is 0 Å². The van der Waals surface area contributed by atoms with Gasteiger partial charge in [0.1, 0.15) is 5.65 Å². The van der Waals surface area contributed by atoms with Gasteiger partial charge in [-0.2, -0.15) is 0 Å². The van der Waals surface area contributed by atoms with E-state index in [1.165, 1.54) is 0 Å². The van der Waals surface area contributed by atoms with Crippen molar-refractivity contribution in [3.8, 4) is 0 Å². The number of amides is 1. The zero-order chi connectivity index (χ0) is 20.0. The van der Waals surface area contributed by atoms with E-state index in [1.54, 1.807) is 7.05 Å². The molecule has 0 spiro atoms. The van der Waals surface area contributed by atoms with Gasteiger partial charge in [0, 0.05) is 44.0 Å². The van der Waals surface area contributed by atoms with Crippen LogP contribution in [0.4, 0.5) is 5.69 Å². The fourth-order valence-electron chi connectivity index (χ4n) is 4.26. The molecule has 1 N–H and O–H groups in total. The average molecular weight is 388 g/mol. The number of anilines is 1. The van der Waals surface area contributed by atoms with E-state index in [0.29, 0.717) is 11.2 Å². The SMILES string of the molecule is CNC(=O)c1cc2c(N3CCCN(C)CC3)ccnc2n2c1nc1ccccc12. The highest BCUT2D eigenvalue weighted by atomic mass is 16.1. The summed E-state index contributed by atoms with van der Waals surface area (Å²) in [5, 5.41) is 3.74. The van der Waals surface area contributed by atoms with Crippen LogP contribution in [0.25, 0.3) is 27.7 Å². The predicted molar refractivity (Wildman–Crippen MR) is 116 cm³/mol. The third kappa shape index (κ3) is 2.89. The summed E-state index contributed by atoms with van der Waals surface area (Å²) in [4.78, 5) is 26.9. The Balaban J connectivity index is 1.83. The first kappa shape index (κ1) is 17.9. The van der Waals surface area contributed by atoms with Gasteiger partial charge >= 0.3 is 0 Å². The lowest BCUT2D eigenvalue weighted by Crippen LogP contribution is -2.29. The highest BCUT2D eigenvalue weighted by Gasteiger charge is 2.21. The molecular formula is C22H24N6O. The van der Waals surface area contributed by atoms with Gasteiger partial charge in [-0.15, -0.1) is 0 Å². The first-order chi connectivity index (χ1) is 14.2. The number of hydrogen-bond acceptors (Lipinski definition) is 5. The third-order valence-corrected chi connectivity index (χ3v) is 5.78. The molecule has 0 unspecified atom stereocenters. The Kier molecular flexibility index (Phi) is 4.32. The maximum atomic E-state index is 12.7. The van der Waals surface area contributed by atoms with E-state index in [1.807, 2.05) is 40.9 Å². The summed E-state index contributed by atoms with van der Waals surface area (Å²) in [6.45, 7) is 4.05. The van der Waals surface area contributed by atoms with E-state index >= 15 is 0 Å². The zero-order valence-electron chi connectivity index (χ0n) is 16.7. The molecule has 3 aromatic heterocycles. The molecule has 29 heavy (non-hydrogen) atoms. The van der Waals surface area contributed by atoms with Gasteiger partial charge in [-0.05, 0) is 44.3 Å². The second-order valence-electron chi connectivity index (χ2n) is 7.61. The summed E-state index contributed by atoms with van der Waals surface area (Å²) in [5.41, 5.74) is 4.97. The molecule has 4 aromatic rings. The van der Waals surface area contributed by atoms with E-state index in [9.17, 15) is 4.79 Å². The second-order valence-corrected chi connectivity index (χ2v) is 7.61. The fraction of sp³-hybridized carbons (Fsp3) is 0.318. The minimum absolute atomic E-state index is 0.141. The molecule has 0 saturated carbocycles. The van der Waals surface area contributed by atoms with Crippen LogP contribution in [-0.4, -0.2) is 65.5 Å². The second kappa shape index (κ2) is 7.00. The normalized spacial score (nSPS) is 15.9. The first-order valence-corrected chi connectivity index (χ1v) is 10.0. The minimum atomic E-state index is -0.141. The Hall–Kier alpha value is -3.19. The van der Waals surface area contributed by atoms with Gasteiger partial charge in [0.25, 0.3) is 5.91 Å². The fourth-order valence-corrected chi connectivity index (χ4v) is 4.26. The number of nitrogens with one attached hydrogen (secondary N) is 1. The number of carbonyl (C=O) groups is 1. The molecule has 1 amide bonds. The molecule has 0 bridgehead atoms. The Morgan fingerprint density at radius 3 is 2.79 bits per heavy atom. The van der Waals surface area contributed by atoms with Crippen LogP contribution < -0.4 is 10.2 Å². The summed E-state index contributed by atoms with van der Waals surface area (Å²) in [6, 6.07) is 12.0. The largest absolute Gasteiger partial charge is 0.370 e. The molecule has 7 heteroatoms. The Bertz CT molecular complexity index is 1230. The molecule has 0 atom stereocenters. The van der Waals surface area contributed by atoms with Crippen molar-refractivity contribution in [2.24, 2.45) is 0 Å². The van der Waals surface area contributed by atoms with Gasteiger partial charge in [-0.1, -0.05) is 12.1 Å². The number of aromatic nitrogens is 3. The number of nitrogens with zero attached hydrogens (tertiary/aromatic N) is 5. The van der Waals surface area contributed by atoms with Crippen molar-refractivity contribution in [1.82, 2.24) is 24.6 Å². The van der Waals surface area contributed by atoms with Crippen molar-refractivity contribution in [2.75, 3.05) is 45.2 Å². The van der Waals surface area contributed by atoms with Crippen LogP contribution in [0.1, 0.15) is 16.8 Å². The molecule has 1 aliphatic heterocycles. The number of imidazole rings is 1. The summed E-state index contributed by atoms with van der Waals surface area (Å²) < 4.78 is 2.02. The molecule has 0 aliphatic carbocycles. The van der Waals surface area contributed by atoms with Gasteiger partial charge in [0.2, 0.25) is 0 Å². The van der Waals surface area contributed by atoms with Crippen molar-refractivity contribution in [1.29, 1.82) is 0 Å². The van der Waals surface area contributed by atoms with Crippen LogP contribution in [0.5, 0.6) is 0 Å². The van der Waals surface area contributed by atoms with Gasteiger partial charge in [0.05, 0.1) is 16.6 Å². The summed E-state index contributed by atoms with van der Waals surface area (Å²) in [7, 11) is 3.82. The van der Waals surface area contributed by atoms with Crippen LogP contribution in [0.3, 0.4) is 0 Å². The van der Waals surface area contributed by atoms with Crippen molar-refractivity contribution < 1.29 is 4.79 Å². The lowest BCUT2D eigenvalue weighted by Gasteiger charge is -2.24. The van der Waals surface area contributed by atoms with Gasteiger partial charge < -0.3 is 15.1 Å². The zero-order valence-corrected chi connectivity index (χ0v) is 16.7. The van der Waals surface area contributed by atoms with Gasteiger partial charge in [-0.3, -0.25) is 9.20 Å². The van der Waals surface area contributed by atoms with E-state index in [-0.39, 0.29) is 5.91 Å². The molecule has 4 heterocycles. The van der Waals surface area contributed by atoms with Crippen LogP contribution in [0.15, 0.2) is 42.6 Å². The van der Waals surface area contributed by atoms with Crippen molar-refractivity contribution in [3.05, 3.63) is 48.2 Å². The molecule has 0 radical (unpaired) electrons. The summed E-state index contributed by atoms with van der Waals surface area (Å²) in [5.74, 6) is -0.141. The van der Waals surface area contributed by atoms with Gasteiger partial charge in [0.15, 0.2) is 5.65 Å². The molecule has 7 nitrogen and oxygen atoms in total. The molecular weight excluding hydrogens is 364 g/mol. The Morgan fingerprint density at radius 2 is 1.93 bits per heavy atom. The smallest absolute Gasteiger partial charge is 0.254 e. The van der Waals surface area contributed by atoms with Gasteiger partial charge in [-0.25, -0.2) is 9.97 Å². The topological polar surface area (TPSA) is 65.8 Å². The molecule has 5 rings (SSSR count). The molecule has 148 valence electrons. The number of likely N-dealkylation sites (N-methyl/N-ethyl adjacent to an activating group) is 1. The number of pyridine rings is 2. The third-order valence-electron chi connectivity index (χ3n) is 5.78. The number of fused-ring (bicyclic) bond motifs is 5. The number of para-hydroxylation sites is 2. The van der Waals surface area contributed by atoms with E-state index < -0.39 is 0 Å². The van der Waals surface area contributed by atoms with Crippen molar-refractivity contribution in [3.63, 3.8) is 0 Å². The maximum Gasteiger partial charge on any atom is 0.254 e. The molecule has 1 aromatic carbocycles. The molecule has 1 aliphatic rings. The van der Waals surface area contributed by atoms with E-state index in [2.05, 4.69) is 28.2 Å². The molecule has 1 saturated heterocycles. The lowest BCUT2D eigenvalue weighted by molar-refractivity contribution is 0.0964. The van der Waals surface area contributed by atoms with Crippen LogP contribution in [0.2, 0.25) is 0 Å². The lowest BCUT2D eigenvalue weighted by atomic mass is 10.1. The number of hydrogen-bond donors (Lipinski definition) is 1. The number of carbonyl (C=O) groups excluding carboxylic acids is 1.